The highest BCUT2D eigenvalue weighted by atomic mass is 16.3. The van der Waals surface area contributed by atoms with Crippen molar-refractivity contribution in [3.05, 3.63) is 191 Å². The number of rotatable bonds is 7. The molecule has 0 aliphatic rings. The van der Waals surface area contributed by atoms with Gasteiger partial charge in [0.25, 0.3) is 0 Å². The van der Waals surface area contributed by atoms with Crippen LogP contribution in [0.5, 0.6) is 5.75 Å². The number of aromatic hydroxyl groups is 1. The predicted molar refractivity (Wildman–Crippen MR) is 297 cm³/mol. The molecule has 0 unspecified atom stereocenters. The molecule has 2 heterocycles. The number of nitrogens with zero attached hydrogens (tertiary/aromatic N) is 3. The molecule has 354 valence electrons. The summed E-state index contributed by atoms with van der Waals surface area (Å²) in [4.78, 5) is 10.6. The van der Waals surface area contributed by atoms with Crippen LogP contribution in [0.15, 0.2) is 158 Å². The Morgan fingerprint density at radius 1 is 0.457 bits per heavy atom. The summed E-state index contributed by atoms with van der Waals surface area (Å²) in [6, 6.07) is 49.9. The third-order valence-electron chi connectivity index (χ3n) is 13.6. The van der Waals surface area contributed by atoms with E-state index in [0.29, 0.717) is 33.7 Å². The van der Waals surface area contributed by atoms with Crippen LogP contribution in [-0.4, -0.2) is 19.6 Å². The maximum atomic E-state index is 12.8. The van der Waals surface area contributed by atoms with Crippen molar-refractivity contribution < 1.29 is 13.3 Å². The Hall–Kier alpha value is -7.04. The Morgan fingerprint density at radius 2 is 1.10 bits per heavy atom. The highest BCUT2D eigenvalue weighted by molar-refractivity contribution is 5.98. The lowest BCUT2D eigenvalue weighted by molar-refractivity contribution is 0.446. The lowest BCUT2D eigenvalue weighted by Crippen LogP contribution is -2.17. The molecule has 9 aromatic rings. The molecule has 0 aliphatic carbocycles. The molecule has 0 saturated carbocycles. The molecule has 0 amide bonds. The third kappa shape index (κ3) is 9.37. The summed E-state index contributed by atoms with van der Waals surface area (Å²) in [6.07, 6.45) is 1.79. The second-order valence-corrected chi connectivity index (χ2v) is 23.0. The minimum absolute atomic E-state index is 0.120. The Balaban J connectivity index is 1.39. The first-order valence-corrected chi connectivity index (χ1v) is 24.4. The van der Waals surface area contributed by atoms with Crippen LogP contribution in [0.2, 0.25) is 0 Å². The molecule has 0 atom stereocenters. The van der Waals surface area contributed by atoms with Crippen LogP contribution in [-0.2, 0) is 21.7 Å². The fourth-order valence-corrected chi connectivity index (χ4v) is 9.37. The maximum Gasteiger partial charge on any atom is 0.149 e. The molecule has 0 radical (unpaired) electrons. The maximum absolute atomic E-state index is 12.8. The van der Waals surface area contributed by atoms with Gasteiger partial charge in [-0.2, -0.15) is 0 Å². The number of phenols is 1. The first-order chi connectivity index (χ1) is 35.4. The summed E-state index contributed by atoms with van der Waals surface area (Å²) in [5, 5.41) is 12.8. The van der Waals surface area contributed by atoms with Gasteiger partial charge in [-0.3, -0.25) is 9.55 Å². The van der Waals surface area contributed by atoms with Crippen LogP contribution in [0.25, 0.3) is 83.9 Å². The summed E-state index contributed by atoms with van der Waals surface area (Å²) in [6.45, 7) is 21.3. The molecule has 7 aromatic carbocycles. The number of aryl methyl sites for hydroxylation is 2. The van der Waals surface area contributed by atoms with E-state index in [2.05, 4.69) is 154 Å². The highest BCUT2D eigenvalue weighted by Crippen LogP contribution is 2.47. The summed E-state index contributed by atoms with van der Waals surface area (Å²) in [5.41, 5.74) is 14.3. The molecule has 2 aromatic heterocycles. The minimum atomic E-state index is -2.47. The molecule has 70 heavy (non-hydrogen) atoms. The molecule has 0 aliphatic heterocycles. The SMILES string of the molecule is [2H]C([2H])([2H])c1ccc(-c2ccnc(-c3cc(-c4cccc5c4nc(-c4cc(C(C)(C)C)cc(C(C)(C)C)c4O)n5-c4cc(-c5ccccc5)c(C([2H])([2H])[2H])cc4-c4ccc(C(C)(C)C)cc4)cc(C(C)(C)C)c3)c2)cc1. The number of para-hydroxylation sites is 1. The average molecular weight is 926 g/mol. The number of hydrogen-bond donors (Lipinski definition) is 1. The van der Waals surface area contributed by atoms with Crippen molar-refractivity contribution in [2.45, 2.75) is 118 Å². The molecule has 4 heteroatoms. The number of aromatic nitrogens is 3. The second kappa shape index (κ2) is 17.7. The van der Waals surface area contributed by atoms with Gasteiger partial charge in [-0.25, -0.2) is 4.98 Å². The first kappa shape index (κ1) is 40.8. The van der Waals surface area contributed by atoms with Gasteiger partial charge in [0.05, 0.1) is 28.0 Å². The molecule has 0 saturated heterocycles. The second-order valence-electron chi connectivity index (χ2n) is 23.0. The lowest BCUT2D eigenvalue weighted by atomic mass is 9.79. The third-order valence-corrected chi connectivity index (χ3v) is 13.6. The molecular weight excluding hydrogens is 851 g/mol. The van der Waals surface area contributed by atoms with Crippen LogP contribution in [0.1, 0.15) is 125 Å². The number of pyridine rings is 1. The van der Waals surface area contributed by atoms with E-state index in [1.807, 2.05) is 72.8 Å². The van der Waals surface area contributed by atoms with Crippen molar-refractivity contribution in [2.24, 2.45) is 0 Å². The highest BCUT2D eigenvalue weighted by Gasteiger charge is 2.30. The van der Waals surface area contributed by atoms with Gasteiger partial charge in [-0.15, -0.1) is 0 Å². The summed E-state index contributed by atoms with van der Waals surface area (Å²) in [5.74, 6) is 0.643. The monoisotopic (exact) mass is 926 g/mol. The number of imidazole rings is 1. The van der Waals surface area contributed by atoms with Crippen molar-refractivity contribution in [1.82, 2.24) is 14.5 Å². The largest absolute Gasteiger partial charge is 0.507 e. The van der Waals surface area contributed by atoms with E-state index in [9.17, 15) is 5.11 Å². The lowest BCUT2D eigenvalue weighted by Gasteiger charge is -2.28. The molecule has 1 N–H and O–H groups in total. The van der Waals surface area contributed by atoms with Crippen LogP contribution in [0.4, 0.5) is 0 Å². The van der Waals surface area contributed by atoms with E-state index < -0.39 is 19.1 Å². The predicted octanol–water partition coefficient (Wildman–Crippen LogP) is 17.9. The summed E-state index contributed by atoms with van der Waals surface area (Å²) >= 11 is 0. The van der Waals surface area contributed by atoms with Crippen LogP contribution in [0, 0.1) is 13.7 Å². The molecule has 0 fully saturated rings. The number of benzene rings is 7. The van der Waals surface area contributed by atoms with E-state index >= 15 is 0 Å². The van der Waals surface area contributed by atoms with Gasteiger partial charge in [0.2, 0.25) is 0 Å². The zero-order chi connectivity index (χ0) is 55.1. The van der Waals surface area contributed by atoms with Gasteiger partial charge in [0, 0.05) is 36.7 Å². The quantitative estimate of drug-likeness (QED) is 0.173. The van der Waals surface area contributed by atoms with Crippen LogP contribution in [0.3, 0.4) is 0 Å². The molecule has 4 nitrogen and oxygen atoms in total. The van der Waals surface area contributed by atoms with Crippen LogP contribution < -0.4 is 0 Å². The normalized spacial score (nSPS) is 14.1. The zero-order valence-corrected chi connectivity index (χ0v) is 42.8. The van der Waals surface area contributed by atoms with Crippen molar-refractivity contribution in [3.8, 4) is 78.6 Å². The van der Waals surface area contributed by atoms with E-state index in [1.165, 1.54) is 0 Å². The van der Waals surface area contributed by atoms with Gasteiger partial charge in [0.15, 0.2) is 0 Å². The fourth-order valence-electron chi connectivity index (χ4n) is 9.37. The summed E-state index contributed by atoms with van der Waals surface area (Å²) < 4.78 is 52.8. The van der Waals surface area contributed by atoms with Gasteiger partial charge in [-0.05, 0) is 140 Å². The Labute approximate surface area is 425 Å². The number of fused-ring (bicyclic) bond motifs is 1. The zero-order valence-electron chi connectivity index (χ0n) is 48.8. The number of hydrogen-bond acceptors (Lipinski definition) is 3. The van der Waals surface area contributed by atoms with Crippen molar-refractivity contribution in [1.29, 1.82) is 0 Å². The average Bonchev–Trinajstić information content (AvgIpc) is 3.80. The van der Waals surface area contributed by atoms with E-state index in [4.69, 9.17) is 18.2 Å². The smallest absolute Gasteiger partial charge is 0.149 e. The molecule has 0 spiro atoms. The minimum Gasteiger partial charge on any atom is -0.507 e. The van der Waals surface area contributed by atoms with Crippen molar-refractivity contribution in [2.75, 3.05) is 0 Å². The van der Waals surface area contributed by atoms with Gasteiger partial charge in [-0.1, -0.05) is 192 Å². The standard InChI is InChI=1S/C66H69N3O/c1-41-23-25-43(26-24-41)46-31-32-67-57(37-46)48-34-47(35-50(36-48)64(6,7)8)52-21-18-22-58-60(52)68-62(55-38-51(65(9,10)11)39-56(61(55)70)66(12,13)14)69(58)59-40-53(44-19-16-15-17-20-44)42(2)33-54(59)45-27-29-49(30-28-45)63(3,4)5/h15-40,70H,1-14H3/i1D3,2D3. The topological polar surface area (TPSA) is 50.9 Å². The van der Waals surface area contributed by atoms with E-state index in [1.54, 1.807) is 18.3 Å². The van der Waals surface area contributed by atoms with Crippen LogP contribution >= 0.6 is 0 Å². The number of phenolic OH excluding ortho intramolecular Hbond substituents is 1. The molecule has 0 bridgehead atoms. The van der Waals surface area contributed by atoms with E-state index in [0.717, 1.165) is 72.4 Å². The van der Waals surface area contributed by atoms with E-state index in [-0.39, 0.29) is 33.1 Å². The van der Waals surface area contributed by atoms with Gasteiger partial charge < -0.3 is 5.11 Å². The Bertz CT molecular complexity index is 3630. The van der Waals surface area contributed by atoms with Crippen molar-refractivity contribution >= 4 is 11.0 Å². The Kier molecular flexibility index (Phi) is 10.3. The summed E-state index contributed by atoms with van der Waals surface area (Å²) in [7, 11) is 0. The fraction of sp³-hybridized carbons (Fsp3) is 0.273. The molecule has 9 rings (SSSR count). The Morgan fingerprint density at radius 3 is 1.74 bits per heavy atom. The van der Waals surface area contributed by atoms with Crippen molar-refractivity contribution in [3.63, 3.8) is 0 Å². The van der Waals surface area contributed by atoms with Gasteiger partial charge >= 0.3 is 0 Å². The van der Waals surface area contributed by atoms with Gasteiger partial charge in [0.1, 0.15) is 11.6 Å². The first-order valence-electron chi connectivity index (χ1n) is 27.4. The molecular formula is C66H69N3O.